The van der Waals surface area contributed by atoms with Gasteiger partial charge >= 0.3 is 0 Å². The van der Waals surface area contributed by atoms with Crippen LogP contribution in [0.2, 0.25) is 5.02 Å². The number of allylic oxidation sites excluding steroid dienone is 2. The van der Waals surface area contributed by atoms with E-state index in [2.05, 4.69) is 0 Å². The summed E-state index contributed by atoms with van der Waals surface area (Å²) in [6, 6.07) is 17.3. The Balaban J connectivity index is 2.16. The summed E-state index contributed by atoms with van der Waals surface area (Å²) in [5.74, 6) is 0. The largest absolute Gasteiger partial charge is 0.298 e. The van der Waals surface area contributed by atoms with E-state index in [1.165, 1.54) is 0 Å². The normalized spacial score (nSPS) is 11.3. The average molecular weight is 257 g/mol. The SMILES string of the molecule is O=CC(=CCc1ccc(Cl)cc1)c1ccccc1. The fraction of sp³-hybridized carbons (Fsp3) is 0.0625. The Morgan fingerprint density at radius 3 is 2.28 bits per heavy atom. The Morgan fingerprint density at radius 2 is 1.67 bits per heavy atom. The molecule has 0 N–H and O–H groups in total. The van der Waals surface area contributed by atoms with Gasteiger partial charge in [-0.3, -0.25) is 4.79 Å². The molecule has 2 heteroatoms. The lowest BCUT2D eigenvalue weighted by Crippen LogP contribution is -1.88. The van der Waals surface area contributed by atoms with Crippen LogP contribution in [0.25, 0.3) is 5.57 Å². The number of carbonyl (C=O) groups is 1. The van der Waals surface area contributed by atoms with Gasteiger partial charge in [-0.25, -0.2) is 0 Å². The maximum Gasteiger partial charge on any atom is 0.150 e. The lowest BCUT2D eigenvalue weighted by molar-refractivity contribution is -0.103. The molecule has 0 atom stereocenters. The van der Waals surface area contributed by atoms with Crippen molar-refractivity contribution in [3.05, 3.63) is 76.8 Å². The maximum atomic E-state index is 11.1. The fourth-order valence-corrected chi connectivity index (χ4v) is 1.84. The summed E-state index contributed by atoms with van der Waals surface area (Å²) in [6.45, 7) is 0. The van der Waals surface area contributed by atoms with Gasteiger partial charge in [-0.2, -0.15) is 0 Å². The van der Waals surface area contributed by atoms with E-state index in [1.54, 1.807) is 0 Å². The van der Waals surface area contributed by atoms with Gasteiger partial charge in [-0.15, -0.1) is 0 Å². The Morgan fingerprint density at radius 1 is 1.00 bits per heavy atom. The van der Waals surface area contributed by atoms with Crippen molar-refractivity contribution in [2.75, 3.05) is 0 Å². The third-order valence-corrected chi connectivity index (χ3v) is 2.96. The molecule has 2 rings (SSSR count). The zero-order valence-corrected chi connectivity index (χ0v) is 10.6. The van der Waals surface area contributed by atoms with Gasteiger partial charge in [0.15, 0.2) is 0 Å². The molecule has 0 aliphatic heterocycles. The molecule has 0 spiro atoms. The number of hydrogen-bond acceptors (Lipinski definition) is 1. The molecule has 1 nitrogen and oxygen atoms in total. The van der Waals surface area contributed by atoms with Crippen LogP contribution in [0.1, 0.15) is 11.1 Å². The van der Waals surface area contributed by atoms with Crippen LogP contribution in [-0.4, -0.2) is 6.29 Å². The Hall–Kier alpha value is -1.86. The smallest absolute Gasteiger partial charge is 0.150 e. The van der Waals surface area contributed by atoms with E-state index in [9.17, 15) is 4.79 Å². The lowest BCUT2D eigenvalue weighted by Gasteiger charge is -2.01. The molecule has 0 radical (unpaired) electrons. The van der Waals surface area contributed by atoms with Gasteiger partial charge in [-0.05, 0) is 29.7 Å². The Bertz CT molecular complexity index is 541. The molecule has 0 amide bonds. The molecule has 0 aliphatic rings. The molecule has 0 aliphatic carbocycles. The summed E-state index contributed by atoms with van der Waals surface area (Å²) in [5.41, 5.74) is 2.79. The molecule has 0 saturated carbocycles. The minimum Gasteiger partial charge on any atom is -0.298 e. The van der Waals surface area contributed by atoms with Crippen LogP contribution in [-0.2, 0) is 11.2 Å². The summed E-state index contributed by atoms with van der Waals surface area (Å²) >= 11 is 5.83. The first-order valence-corrected chi connectivity index (χ1v) is 6.12. The molecule has 0 aromatic heterocycles. The second-order valence-corrected chi connectivity index (χ2v) is 4.41. The Kier molecular flexibility index (Phi) is 4.32. The van der Waals surface area contributed by atoms with E-state index in [1.807, 2.05) is 60.7 Å². The molecule has 0 unspecified atom stereocenters. The van der Waals surface area contributed by atoms with Crippen LogP contribution in [0.3, 0.4) is 0 Å². The van der Waals surface area contributed by atoms with Crippen molar-refractivity contribution >= 4 is 23.5 Å². The molecule has 0 heterocycles. The summed E-state index contributed by atoms with van der Waals surface area (Å²) < 4.78 is 0. The van der Waals surface area contributed by atoms with E-state index in [0.29, 0.717) is 5.57 Å². The molecule has 2 aromatic carbocycles. The molecular weight excluding hydrogens is 244 g/mol. The van der Waals surface area contributed by atoms with E-state index in [-0.39, 0.29) is 0 Å². The van der Waals surface area contributed by atoms with Crippen LogP contribution in [0, 0.1) is 0 Å². The van der Waals surface area contributed by atoms with Gasteiger partial charge in [0.05, 0.1) is 0 Å². The molecule has 0 fully saturated rings. The predicted molar refractivity (Wildman–Crippen MR) is 75.6 cm³/mol. The number of hydrogen-bond donors (Lipinski definition) is 0. The van der Waals surface area contributed by atoms with Crippen molar-refractivity contribution in [3.8, 4) is 0 Å². The van der Waals surface area contributed by atoms with Crippen LogP contribution >= 0.6 is 11.6 Å². The number of halogens is 1. The highest BCUT2D eigenvalue weighted by Crippen LogP contribution is 2.14. The van der Waals surface area contributed by atoms with Gasteiger partial charge < -0.3 is 0 Å². The van der Waals surface area contributed by atoms with Crippen molar-refractivity contribution < 1.29 is 4.79 Å². The van der Waals surface area contributed by atoms with E-state index >= 15 is 0 Å². The highest BCUT2D eigenvalue weighted by atomic mass is 35.5. The van der Waals surface area contributed by atoms with Crippen LogP contribution in [0.5, 0.6) is 0 Å². The maximum absolute atomic E-state index is 11.1. The fourth-order valence-electron chi connectivity index (χ4n) is 1.71. The zero-order valence-electron chi connectivity index (χ0n) is 9.84. The standard InChI is InChI=1S/C16H13ClO/c17-16-10-7-13(8-11-16)6-9-15(12-18)14-4-2-1-3-5-14/h1-5,7-12H,6H2. The molecule has 2 aromatic rings. The van der Waals surface area contributed by atoms with Gasteiger partial charge in [0.25, 0.3) is 0 Å². The van der Waals surface area contributed by atoms with E-state index in [4.69, 9.17) is 11.6 Å². The first-order chi connectivity index (χ1) is 8.79. The van der Waals surface area contributed by atoms with Crippen molar-refractivity contribution in [1.29, 1.82) is 0 Å². The van der Waals surface area contributed by atoms with Crippen LogP contribution in [0.4, 0.5) is 0 Å². The van der Waals surface area contributed by atoms with Crippen LogP contribution < -0.4 is 0 Å². The second kappa shape index (κ2) is 6.18. The highest BCUT2D eigenvalue weighted by Gasteiger charge is 1.99. The third kappa shape index (κ3) is 3.31. The molecule has 18 heavy (non-hydrogen) atoms. The topological polar surface area (TPSA) is 17.1 Å². The second-order valence-electron chi connectivity index (χ2n) is 3.97. The number of aldehydes is 1. The first kappa shape index (κ1) is 12.6. The third-order valence-electron chi connectivity index (χ3n) is 2.71. The van der Waals surface area contributed by atoms with Crippen molar-refractivity contribution in [3.63, 3.8) is 0 Å². The quantitative estimate of drug-likeness (QED) is 0.593. The van der Waals surface area contributed by atoms with E-state index in [0.717, 1.165) is 28.9 Å². The summed E-state index contributed by atoms with van der Waals surface area (Å²) in [6.07, 6.45) is 3.55. The van der Waals surface area contributed by atoms with Crippen LogP contribution in [0.15, 0.2) is 60.7 Å². The minimum atomic E-state index is 0.713. The monoisotopic (exact) mass is 256 g/mol. The summed E-state index contributed by atoms with van der Waals surface area (Å²) in [4.78, 5) is 11.1. The molecule has 0 saturated heterocycles. The van der Waals surface area contributed by atoms with Crippen molar-refractivity contribution in [2.45, 2.75) is 6.42 Å². The van der Waals surface area contributed by atoms with Crippen molar-refractivity contribution in [1.82, 2.24) is 0 Å². The summed E-state index contributed by atoms with van der Waals surface area (Å²) in [7, 11) is 0. The van der Waals surface area contributed by atoms with E-state index < -0.39 is 0 Å². The Labute approximate surface area is 112 Å². The zero-order chi connectivity index (χ0) is 12.8. The predicted octanol–water partition coefficient (Wildman–Crippen LogP) is 4.17. The minimum absolute atomic E-state index is 0.713. The average Bonchev–Trinajstić information content (AvgIpc) is 2.43. The van der Waals surface area contributed by atoms with Crippen molar-refractivity contribution in [2.24, 2.45) is 0 Å². The number of rotatable bonds is 4. The molecular formula is C16H13ClO. The van der Waals surface area contributed by atoms with Gasteiger partial charge in [0.1, 0.15) is 6.29 Å². The lowest BCUT2D eigenvalue weighted by atomic mass is 10.0. The number of benzene rings is 2. The summed E-state index contributed by atoms with van der Waals surface area (Å²) in [5, 5.41) is 0.724. The number of carbonyl (C=O) groups excluding carboxylic acids is 1. The van der Waals surface area contributed by atoms with Gasteiger partial charge in [0, 0.05) is 10.6 Å². The highest BCUT2D eigenvalue weighted by molar-refractivity contribution is 6.30. The molecule has 90 valence electrons. The van der Waals surface area contributed by atoms with Gasteiger partial charge in [0.2, 0.25) is 0 Å². The van der Waals surface area contributed by atoms with Gasteiger partial charge in [-0.1, -0.05) is 60.1 Å². The molecule has 0 bridgehead atoms. The first-order valence-electron chi connectivity index (χ1n) is 5.75.